The van der Waals surface area contributed by atoms with Crippen molar-refractivity contribution in [3.8, 4) is 0 Å². The molecule has 1 aromatic carbocycles. The van der Waals surface area contributed by atoms with E-state index >= 15 is 0 Å². The number of aromatic nitrogens is 2. The highest BCUT2D eigenvalue weighted by atomic mass is 19.1. The summed E-state index contributed by atoms with van der Waals surface area (Å²) in [5, 5.41) is 3.17. The third kappa shape index (κ3) is 3.01. The number of nitrogens with one attached hydrogen (secondary N) is 1. The first-order chi connectivity index (χ1) is 9.13. The van der Waals surface area contributed by atoms with E-state index in [1.165, 1.54) is 6.07 Å². The maximum Gasteiger partial charge on any atom is 0.128 e. The monoisotopic (exact) mass is 261 g/mol. The van der Waals surface area contributed by atoms with Crippen LogP contribution in [0.1, 0.15) is 37.2 Å². The molecule has 1 N–H and O–H groups in total. The maximum absolute atomic E-state index is 13.8. The average Bonchev–Trinajstić information content (AvgIpc) is 2.85. The van der Waals surface area contributed by atoms with Gasteiger partial charge in [0.25, 0.3) is 0 Å². The molecule has 1 atom stereocenters. The third-order valence-electron chi connectivity index (χ3n) is 3.27. The van der Waals surface area contributed by atoms with Gasteiger partial charge in [0.15, 0.2) is 0 Å². The van der Waals surface area contributed by atoms with Gasteiger partial charge in [-0.3, -0.25) is 0 Å². The summed E-state index contributed by atoms with van der Waals surface area (Å²) >= 11 is 0. The molecule has 0 aliphatic rings. The Morgan fingerprint density at radius 3 is 2.68 bits per heavy atom. The van der Waals surface area contributed by atoms with Crippen molar-refractivity contribution in [2.45, 2.75) is 32.4 Å². The molecule has 3 nitrogen and oxygen atoms in total. The Bertz CT molecular complexity index is 534. The molecule has 19 heavy (non-hydrogen) atoms. The lowest BCUT2D eigenvalue weighted by atomic mass is 10.1. The minimum absolute atomic E-state index is 0.0621. The van der Waals surface area contributed by atoms with Crippen molar-refractivity contribution in [3.05, 3.63) is 53.9 Å². The first-order valence-electron chi connectivity index (χ1n) is 6.56. The minimum atomic E-state index is -0.173. The lowest BCUT2D eigenvalue weighted by Gasteiger charge is -2.20. The molecule has 0 radical (unpaired) electrons. The fourth-order valence-electron chi connectivity index (χ4n) is 2.28. The molecule has 2 rings (SSSR count). The van der Waals surface area contributed by atoms with Crippen LogP contribution in [0.2, 0.25) is 0 Å². The second kappa shape index (κ2) is 5.97. The average molecular weight is 261 g/mol. The van der Waals surface area contributed by atoms with Crippen LogP contribution in [0.25, 0.3) is 0 Å². The van der Waals surface area contributed by atoms with Crippen molar-refractivity contribution in [3.63, 3.8) is 0 Å². The molecule has 4 heteroatoms. The molecule has 1 aromatic heterocycles. The fraction of sp³-hybridized carbons (Fsp3) is 0.400. The van der Waals surface area contributed by atoms with Gasteiger partial charge in [0, 0.05) is 30.4 Å². The topological polar surface area (TPSA) is 29.9 Å². The summed E-state index contributed by atoms with van der Waals surface area (Å²) in [4.78, 5) is 4.36. The zero-order chi connectivity index (χ0) is 13.8. The third-order valence-corrected chi connectivity index (χ3v) is 3.27. The van der Waals surface area contributed by atoms with Crippen molar-refractivity contribution in [2.24, 2.45) is 0 Å². The Balaban J connectivity index is 2.25. The van der Waals surface area contributed by atoms with E-state index in [0.717, 1.165) is 5.82 Å². The van der Waals surface area contributed by atoms with Gasteiger partial charge in [0.05, 0.1) is 6.04 Å². The molecule has 0 aliphatic heterocycles. The van der Waals surface area contributed by atoms with Gasteiger partial charge >= 0.3 is 0 Å². The smallest absolute Gasteiger partial charge is 0.128 e. The van der Waals surface area contributed by atoms with Crippen molar-refractivity contribution in [2.75, 3.05) is 7.05 Å². The highest BCUT2D eigenvalue weighted by molar-refractivity contribution is 5.21. The summed E-state index contributed by atoms with van der Waals surface area (Å²) in [6, 6.07) is 6.83. The van der Waals surface area contributed by atoms with Crippen LogP contribution in [0.15, 0.2) is 36.7 Å². The molecule has 1 unspecified atom stereocenters. The molecule has 1 heterocycles. The van der Waals surface area contributed by atoms with Crippen LogP contribution < -0.4 is 5.32 Å². The van der Waals surface area contributed by atoms with Gasteiger partial charge in [0.2, 0.25) is 0 Å². The van der Waals surface area contributed by atoms with Crippen LogP contribution in [0.3, 0.4) is 0 Å². The normalized spacial score (nSPS) is 12.9. The van der Waals surface area contributed by atoms with E-state index in [4.69, 9.17) is 0 Å². The molecule has 0 spiro atoms. The van der Waals surface area contributed by atoms with E-state index in [1.807, 2.05) is 25.4 Å². The standard InChI is InChI=1S/C15H20FN3/c1-11(2)15-18-8-9-19(15)10-14(17-3)12-6-4-5-7-13(12)16/h4-9,11,14,17H,10H2,1-3H3. The van der Waals surface area contributed by atoms with Crippen LogP contribution in [0.4, 0.5) is 4.39 Å². The molecular formula is C15H20FN3. The van der Waals surface area contributed by atoms with Crippen LogP contribution >= 0.6 is 0 Å². The number of likely N-dealkylation sites (N-methyl/N-ethyl adjacent to an activating group) is 1. The molecule has 102 valence electrons. The highest BCUT2D eigenvalue weighted by Gasteiger charge is 2.16. The van der Waals surface area contributed by atoms with Gasteiger partial charge in [-0.1, -0.05) is 32.0 Å². The van der Waals surface area contributed by atoms with Crippen molar-refractivity contribution in [1.29, 1.82) is 0 Å². The summed E-state index contributed by atoms with van der Waals surface area (Å²) < 4.78 is 15.9. The largest absolute Gasteiger partial charge is 0.333 e. The van der Waals surface area contributed by atoms with E-state index in [0.29, 0.717) is 18.0 Å². The zero-order valence-electron chi connectivity index (χ0n) is 11.6. The SMILES string of the molecule is CNC(Cn1ccnc1C(C)C)c1ccccc1F. The number of nitrogens with zero attached hydrogens (tertiary/aromatic N) is 2. The molecule has 0 saturated carbocycles. The highest BCUT2D eigenvalue weighted by Crippen LogP contribution is 2.20. The number of benzene rings is 1. The van der Waals surface area contributed by atoms with E-state index < -0.39 is 0 Å². The second-order valence-corrected chi connectivity index (χ2v) is 4.96. The van der Waals surface area contributed by atoms with Crippen molar-refractivity contribution < 1.29 is 4.39 Å². The van der Waals surface area contributed by atoms with Crippen LogP contribution in [0.5, 0.6) is 0 Å². The molecular weight excluding hydrogens is 241 g/mol. The Hall–Kier alpha value is -1.68. The number of hydrogen-bond acceptors (Lipinski definition) is 2. The number of halogens is 1. The van der Waals surface area contributed by atoms with Gasteiger partial charge in [-0.15, -0.1) is 0 Å². The summed E-state index contributed by atoms with van der Waals surface area (Å²) in [5.74, 6) is 1.21. The Labute approximate surface area is 113 Å². The molecule has 0 bridgehead atoms. The van der Waals surface area contributed by atoms with E-state index in [9.17, 15) is 4.39 Å². The number of hydrogen-bond donors (Lipinski definition) is 1. The van der Waals surface area contributed by atoms with Crippen molar-refractivity contribution >= 4 is 0 Å². The van der Waals surface area contributed by atoms with Gasteiger partial charge in [-0.05, 0) is 13.1 Å². The molecule has 0 amide bonds. The Morgan fingerprint density at radius 1 is 1.32 bits per heavy atom. The summed E-state index contributed by atoms with van der Waals surface area (Å²) in [6.07, 6.45) is 3.74. The van der Waals surface area contributed by atoms with Crippen LogP contribution in [0, 0.1) is 5.82 Å². The van der Waals surface area contributed by atoms with E-state index in [-0.39, 0.29) is 11.9 Å². The number of rotatable bonds is 5. The molecule has 2 aromatic rings. The molecule has 0 aliphatic carbocycles. The fourth-order valence-corrected chi connectivity index (χ4v) is 2.28. The summed E-state index contributed by atoms with van der Waals surface area (Å²) in [5.41, 5.74) is 0.688. The van der Waals surface area contributed by atoms with Crippen molar-refractivity contribution in [1.82, 2.24) is 14.9 Å². The number of imidazole rings is 1. The van der Waals surface area contributed by atoms with E-state index in [2.05, 4.69) is 28.7 Å². The lowest BCUT2D eigenvalue weighted by Crippen LogP contribution is -2.24. The first kappa shape index (κ1) is 13.7. The van der Waals surface area contributed by atoms with Crippen LogP contribution in [-0.4, -0.2) is 16.6 Å². The van der Waals surface area contributed by atoms with Crippen LogP contribution in [-0.2, 0) is 6.54 Å². The van der Waals surface area contributed by atoms with Gasteiger partial charge in [-0.25, -0.2) is 9.37 Å². The Kier molecular flexibility index (Phi) is 4.32. The summed E-state index contributed by atoms with van der Waals surface area (Å²) in [6.45, 7) is 4.89. The van der Waals surface area contributed by atoms with E-state index in [1.54, 1.807) is 12.3 Å². The lowest BCUT2D eigenvalue weighted by molar-refractivity contribution is 0.460. The minimum Gasteiger partial charge on any atom is -0.333 e. The predicted octanol–water partition coefficient (Wildman–Crippen LogP) is 3.11. The predicted molar refractivity (Wildman–Crippen MR) is 74.5 cm³/mol. The molecule has 0 saturated heterocycles. The molecule has 0 fully saturated rings. The first-order valence-corrected chi connectivity index (χ1v) is 6.56. The zero-order valence-corrected chi connectivity index (χ0v) is 11.6. The van der Waals surface area contributed by atoms with Gasteiger partial charge in [0.1, 0.15) is 11.6 Å². The van der Waals surface area contributed by atoms with Gasteiger partial charge in [-0.2, -0.15) is 0 Å². The maximum atomic E-state index is 13.8. The quantitative estimate of drug-likeness (QED) is 0.896. The Morgan fingerprint density at radius 2 is 2.05 bits per heavy atom. The second-order valence-electron chi connectivity index (χ2n) is 4.96. The van der Waals surface area contributed by atoms with Gasteiger partial charge < -0.3 is 9.88 Å². The summed E-state index contributed by atoms with van der Waals surface area (Å²) in [7, 11) is 1.85.